The number of fused-ring (bicyclic) bond motifs is 1. The summed E-state index contributed by atoms with van der Waals surface area (Å²) < 4.78 is 14.6. The van der Waals surface area contributed by atoms with Crippen LogP contribution in [-0.2, 0) is 23.5 Å². The summed E-state index contributed by atoms with van der Waals surface area (Å²) in [5, 5.41) is 5.71. The van der Waals surface area contributed by atoms with Gasteiger partial charge in [-0.05, 0) is 42.6 Å². The first-order valence-corrected chi connectivity index (χ1v) is 9.17. The van der Waals surface area contributed by atoms with Crippen LogP contribution >= 0.6 is 11.8 Å². The number of hydrogen-bond donors (Lipinski definition) is 2. The second-order valence-corrected chi connectivity index (χ2v) is 7.25. The number of benzene rings is 2. The van der Waals surface area contributed by atoms with Crippen LogP contribution < -0.4 is 10.6 Å². The van der Waals surface area contributed by atoms with Crippen LogP contribution in [0.15, 0.2) is 42.5 Å². The van der Waals surface area contributed by atoms with Gasteiger partial charge in [0.25, 0.3) is 0 Å². The van der Waals surface area contributed by atoms with Gasteiger partial charge in [-0.1, -0.05) is 36.4 Å². The molecular weight excluding hydrogens is 323 g/mol. The van der Waals surface area contributed by atoms with Crippen LogP contribution in [0.1, 0.15) is 23.6 Å². The molecule has 2 N–H and O–H groups in total. The molecule has 0 radical (unpaired) electrons. The molecule has 1 heterocycles. The van der Waals surface area contributed by atoms with Crippen LogP contribution in [0.4, 0.5) is 10.1 Å². The van der Waals surface area contributed by atoms with Crippen molar-refractivity contribution in [3.8, 4) is 0 Å². The first-order valence-electron chi connectivity index (χ1n) is 8.12. The first kappa shape index (κ1) is 17.0. The standard InChI is InChI=1S/C19H21FN2OS/c1-13(24-12-14-5-3-2-4-6-14)19(23)22-17-8-7-15-11-21-10-9-16(15)18(17)20/h2-8,13,21H,9-12H2,1H3,(H,22,23). The number of hydrogen-bond acceptors (Lipinski definition) is 3. The van der Waals surface area contributed by atoms with Crippen molar-refractivity contribution >= 4 is 23.4 Å². The molecule has 1 atom stereocenters. The van der Waals surface area contributed by atoms with Crippen LogP contribution in [0.25, 0.3) is 0 Å². The van der Waals surface area contributed by atoms with Crippen molar-refractivity contribution in [3.63, 3.8) is 0 Å². The van der Waals surface area contributed by atoms with E-state index in [9.17, 15) is 9.18 Å². The van der Waals surface area contributed by atoms with Gasteiger partial charge in [-0.3, -0.25) is 4.79 Å². The van der Waals surface area contributed by atoms with Gasteiger partial charge in [-0.2, -0.15) is 0 Å². The fraction of sp³-hybridized carbons (Fsp3) is 0.316. The zero-order valence-corrected chi connectivity index (χ0v) is 14.5. The lowest BCUT2D eigenvalue weighted by Crippen LogP contribution is -2.26. The number of anilines is 1. The molecule has 2 aromatic rings. The summed E-state index contributed by atoms with van der Waals surface area (Å²) in [5.74, 6) is 0.305. The Morgan fingerprint density at radius 1 is 1.29 bits per heavy atom. The van der Waals surface area contributed by atoms with Crippen LogP contribution in [0.5, 0.6) is 0 Å². The minimum atomic E-state index is -0.289. The van der Waals surface area contributed by atoms with Crippen molar-refractivity contribution in [2.75, 3.05) is 11.9 Å². The number of rotatable bonds is 5. The Morgan fingerprint density at radius 2 is 2.08 bits per heavy atom. The summed E-state index contributed by atoms with van der Waals surface area (Å²) in [6.07, 6.45) is 0.656. The maximum absolute atomic E-state index is 14.6. The largest absolute Gasteiger partial charge is 0.323 e. The van der Waals surface area contributed by atoms with E-state index in [1.807, 2.05) is 43.3 Å². The number of carbonyl (C=O) groups excluding carboxylic acids is 1. The van der Waals surface area contributed by atoms with E-state index in [0.29, 0.717) is 13.0 Å². The number of amides is 1. The van der Waals surface area contributed by atoms with Crippen molar-refractivity contribution in [2.24, 2.45) is 0 Å². The highest BCUT2D eigenvalue weighted by Gasteiger charge is 2.19. The molecule has 0 aromatic heterocycles. The van der Waals surface area contributed by atoms with Crippen molar-refractivity contribution in [1.82, 2.24) is 5.32 Å². The fourth-order valence-corrected chi connectivity index (χ4v) is 3.58. The number of thioether (sulfide) groups is 1. The minimum absolute atomic E-state index is 0.163. The average molecular weight is 344 g/mol. The zero-order chi connectivity index (χ0) is 16.9. The van der Waals surface area contributed by atoms with E-state index < -0.39 is 0 Å². The van der Waals surface area contributed by atoms with Gasteiger partial charge in [0, 0.05) is 12.3 Å². The molecule has 0 fully saturated rings. The van der Waals surface area contributed by atoms with E-state index in [0.717, 1.165) is 23.4 Å². The van der Waals surface area contributed by atoms with Crippen molar-refractivity contribution in [1.29, 1.82) is 0 Å². The van der Waals surface area contributed by atoms with Gasteiger partial charge in [-0.15, -0.1) is 11.8 Å². The second-order valence-electron chi connectivity index (χ2n) is 5.92. The third-order valence-electron chi connectivity index (χ3n) is 4.18. The average Bonchev–Trinajstić information content (AvgIpc) is 2.63. The molecule has 126 valence electrons. The lowest BCUT2D eigenvalue weighted by Gasteiger charge is -2.20. The summed E-state index contributed by atoms with van der Waals surface area (Å²) in [4.78, 5) is 12.3. The molecule has 0 saturated carbocycles. The van der Waals surface area contributed by atoms with Crippen LogP contribution in [-0.4, -0.2) is 17.7 Å². The highest BCUT2D eigenvalue weighted by molar-refractivity contribution is 7.99. The predicted molar refractivity (Wildman–Crippen MR) is 97.6 cm³/mol. The molecule has 5 heteroatoms. The van der Waals surface area contributed by atoms with Crippen molar-refractivity contribution in [2.45, 2.75) is 30.9 Å². The Morgan fingerprint density at radius 3 is 2.88 bits per heavy atom. The molecule has 0 spiro atoms. The highest BCUT2D eigenvalue weighted by atomic mass is 32.2. The summed E-state index contributed by atoms with van der Waals surface area (Å²) >= 11 is 1.55. The molecule has 0 bridgehead atoms. The van der Waals surface area contributed by atoms with E-state index in [-0.39, 0.29) is 22.7 Å². The SMILES string of the molecule is CC(SCc1ccccc1)C(=O)Nc1ccc2c(c1F)CCNC2. The minimum Gasteiger partial charge on any atom is -0.323 e. The molecule has 24 heavy (non-hydrogen) atoms. The van der Waals surface area contributed by atoms with Crippen molar-refractivity contribution in [3.05, 3.63) is 65.0 Å². The van der Waals surface area contributed by atoms with E-state index >= 15 is 0 Å². The van der Waals surface area contributed by atoms with E-state index in [1.54, 1.807) is 17.8 Å². The van der Waals surface area contributed by atoms with Gasteiger partial charge < -0.3 is 10.6 Å². The maximum Gasteiger partial charge on any atom is 0.237 e. The molecule has 0 saturated heterocycles. The van der Waals surface area contributed by atoms with Gasteiger partial charge in [0.2, 0.25) is 5.91 Å². The molecule has 1 unspecified atom stereocenters. The van der Waals surface area contributed by atoms with Gasteiger partial charge in [0.05, 0.1) is 10.9 Å². The summed E-state index contributed by atoms with van der Waals surface area (Å²) in [7, 11) is 0. The summed E-state index contributed by atoms with van der Waals surface area (Å²) in [6, 6.07) is 13.6. The molecule has 1 aliphatic rings. The molecule has 0 aliphatic carbocycles. The van der Waals surface area contributed by atoms with E-state index in [2.05, 4.69) is 10.6 Å². The van der Waals surface area contributed by atoms with Crippen LogP contribution in [0, 0.1) is 5.82 Å². The van der Waals surface area contributed by atoms with Crippen molar-refractivity contribution < 1.29 is 9.18 Å². The monoisotopic (exact) mass is 344 g/mol. The Labute approximate surface area is 146 Å². The van der Waals surface area contributed by atoms with Crippen LogP contribution in [0.2, 0.25) is 0 Å². The number of nitrogens with one attached hydrogen (secondary N) is 2. The molecule has 2 aromatic carbocycles. The quantitative estimate of drug-likeness (QED) is 0.868. The Balaban J connectivity index is 1.62. The lowest BCUT2D eigenvalue weighted by atomic mass is 9.99. The van der Waals surface area contributed by atoms with Gasteiger partial charge in [-0.25, -0.2) is 4.39 Å². The lowest BCUT2D eigenvalue weighted by molar-refractivity contribution is -0.115. The Hall–Kier alpha value is -1.85. The molecule has 3 rings (SSSR count). The molecular formula is C19H21FN2OS. The maximum atomic E-state index is 14.6. The molecule has 3 nitrogen and oxygen atoms in total. The topological polar surface area (TPSA) is 41.1 Å². The smallest absolute Gasteiger partial charge is 0.237 e. The number of halogens is 1. The normalized spacial score (nSPS) is 14.8. The number of carbonyl (C=O) groups is 1. The summed E-state index contributed by atoms with van der Waals surface area (Å²) in [6.45, 7) is 3.30. The van der Waals surface area contributed by atoms with E-state index in [4.69, 9.17) is 0 Å². The third kappa shape index (κ3) is 3.97. The molecule has 1 amide bonds. The van der Waals surface area contributed by atoms with Gasteiger partial charge in [0.15, 0.2) is 0 Å². The van der Waals surface area contributed by atoms with Crippen LogP contribution in [0.3, 0.4) is 0 Å². The second kappa shape index (κ2) is 7.81. The zero-order valence-electron chi connectivity index (χ0n) is 13.6. The summed E-state index contributed by atoms with van der Waals surface area (Å²) in [5.41, 5.74) is 3.15. The fourth-order valence-electron chi connectivity index (χ4n) is 2.74. The predicted octanol–water partition coefficient (Wildman–Crippen LogP) is 3.73. The van der Waals surface area contributed by atoms with Gasteiger partial charge in [0.1, 0.15) is 5.82 Å². The van der Waals surface area contributed by atoms with Gasteiger partial charge >= 0.3 is 0 Å². The third-order valence-corrected chi connectivity index (χ3v) is 5.39. The Bertz CT molecular complexity index is 721. The van der Waals surface area contributed by atoms with E-state index in [1.165, 1.54) is 5.56 Å². The highest BCUT2D eigenvalue weighted by Crippen LogP contribution is 2.26. The molecule has 1 aliphatic heterocycles. The first-order chi connectivity index (χ1) is 11.6. The Kier molecular flexibility index (Phi) is 5.53.